The summed E-state index contributed by atoms with van der Waals surface area (Å²) in [5.74, 6) is -0.773. The summed E-state index contributed by atoms with van der Waals surface area (Å²) in [7, 11) is 1.31. The number of carbonyl (C=O) groups is 2. The summed E-state index contributed by atoms with van der Waals surface area (Å²) in [5.41, 5.74) is 2.36. The Morgan fingerprint density at radius 1 is 1.27 bits per heavy atom. The van der Waals surface area contributed by atoms with Gasteiger partial charge in [0.2, 0.25) is 5.91 Å². The van der Waals surface area contributed by atoms with Crippen molar-refractivity contribution in [3.63, 3.8) is 0 Å². The zero-order valence-corrected chi connectivity index (χ0v) is 13.7. The molecule has 0 aliphatic carbocycles. The van der Waals surface area contributed by atoms with E-state index in [4.69, 9.17) is 4.74 Å². The predicted molar refractivity (Wildman–Crippen MR) is 88.7 cm³/mol. The molecule has 0 aliphatic rings. The molecule has 5 nitrogen and oxygen atoms in total. The number of para-hydroxylation sites is 1. The fourth-order valence-electron chi connectivity index (χ4n) is 1.91. The quantitative estimate of drug-likeness (QED) is 0.645. The Labute approximate surface area is 136 Å². The number of methoxy groups -OCH3 is 1. The number of halogens is 1. The molecule has 1 heterocycles. The van der Waals surface area contributed by atoms with Gasteiger partial charge in [0, 0.05) is 27.5 Å². The molecule has 0 bridgehead atoms. The number of amides is 1. The van der Waals surface area contributed by atoms with Gasteiger partial charge in [0.25, 0.3) is 0 Å². The fourth-order valence-corrected chi connectivity index (χ4v) is 2.33. The molecule has 0 radical (unpaired) electrons. The molecule has 22 heavy (non-hydrogen) atoms. The predicted octanol–water partition coefficient (Wildman–Crippen LogP) is 3.52. The molecule has 1 aromatic carbocycles. The SMILES string of the molecule is COC(=O)c1[nH]c(C)c(Br)c1/C=C/C(=O)Nc1ccccc1. The molecule has 0 aliphatic heterocycles. The summed E-state index contributed by atoms with van der Waals surface area (Å²) in [6, 6.07) is 9.12. The number of esters is 1. The second-order valence-electron chi connectivity index (χ2n) is 4.53. The number of aromatic amines is 1. The normalized spacial score (nSPS) is 10.7. The molecule has 0 spiro atoms. The second kappa shape index (κ2) is 7.09. The van der Waals surface area contributed by atoms with Gasteiger partial charge in [0.15, 0.2) is 0 Å². The fraction of sp³-hybridized carbons (Fsp3) is 0.125. The molecule has 2 rings (SSSR count). The Hall–Kier alpha value is -2.34. The molecule has 2 aromatic rings. The number of aryl methyl sites for hydroxylation is 1. The number of aromatic nitrogens is 1. The molecule has 6 heteroatoms. The lowest BCUT2D eigenvalue weighted by Gasteiger charge is -2.01. The number of carbonyl (C=O) groups excluding carboxylic acids is 2. The van der Waals surface area contributed by atoms with Gasteiger partial charge in [-0.3, -0.25) is 4.79 Å². The summed E-state index contributed by atoms with van der Waals surface area (Å²) >= 11 is 3.39. The van der Waals surface area contributed by atoms with Crippen LogP contribution in [0.4, 0.5) is 5.69 Å². The van der Waals surface area contributed by atoms with Crippen molar-refractivity contribution in [3.8, 4) is 0 Å². The van der Waals surface area contributed by atoms with Gasteiger partial charge in [-0.1, -0.05) is 18.2 Å². The van der Waals surface area contributed by atoms with Crippen LogP contribution in [0.3, 0.4) is 0 Å². The van der Waals surface area contributed by atoms with E-state index >= 15 is 0 Å². The third-order valence-electron chi connectivity index (χ3n) is 2.98. The van der Waals surface area contributed by atoms with Crippen LogP contribution in [0.1, 0.15) is 21.7 Å². The molecule has 0 atom stereocenters. The number of H-pyrrole nitrogens is 1. The molecule has 0 saturated heterocycles. The summed E-state index contributed by atoms with van der Waals surface area (Å²) < 4.78 is 5.44. The topological polar surface area (TPSA) is 71.2 Å². The molecule has 2 N–H and O–H groups in total. The van der Waals surface area contributed by atoms with Crippen LogP contribution in [0.25, 0.3) is 6.08 Å². The zero-order valence-electron chi connectivity index (χ0n) is 12.1. The molecule has 114 valence electrons. The summed E-state index contributed by atoms with van der Waals surface area (Å²) in [6.07, 6.45) is 2.94. The highest BCUT2D eigenvalue weighted by Gasteiger charge is 2.17. The van der Waals surface area contributed by atoms with Gasteiger partial charge in [-0.2, -0.15) is 0 Å². The maximum absolute atomic E-state index is 11.9. The first kappa shape index (κ1) is 16.0. The van der Waals surface area contributed by atoms with Crippen LogP contribution in [-0.4, -0.2) is 24.0 Å². The molecule has 0 fully saturated rings. The van der Waals surface area contributed by atoms with Gasteiger partial charge in [-0.15, -0.1) is 0 Å². The zero-order chi connectivity index (χ0) is 16.1. The number of benzene rings is 1. The van der Waals surface area contributed by atoms with E-state index in [-0.39, 0.29) is 5.91 Å². The monoisotopic (exact) mass is 362 g/mol. The van der Waals surface area contributed by atoms with Crippen LogP contribution in [0.5, 0.6) is 0 Å². The number of hydrogen-bond acceptors (Lipinski definition) is 3. The molecule has 1 aromatic heterocycles. The highest BCUT2D eigenvalue weighted by molar-refractivity contribution is 9.10. The first-order valence-electron chi connectivity index (χ1n) is 6.53. The van der Waals surface area contributed by atoms with Crippen molar-refractivity contribution in [3.05, 3.63) is 57.8 Å². The minimum Gasteiger partial charge on any atom is -0.464 e. The van der Waals surface area contributed by atoms with Crippen molar-refractivity contribution in [1.82, 2.24) is 4.98 Å². The largest absolute Gasteiger partial charge is 0.464 e. The van der Waals surface area contributed by atoms with Crippen molar-refractivity contribution in [2.75, 3.05) is 12.4 Å². The maximum Gasteiger partial charge on any atom is 0.355 e. The van der Waals surface area contributed by atoms with Crippen molar-refractivity contribution in [2.24, 2.45) is 0 Å². The Morgan fingerprint density at radius 2 is 1.95 bits per heavy atom. The summed E-state index contributed by atoms with van der Waals surface area (Å²) in [4.78, 5) is 26.6. The Kier molecular flexibility index (Phi) is 5.16. The number of rotatable bonds is 4. The van der Waals surface area contributed by atoms with Gasteiger partial charge in [0.1, 0.15) is 5.69 Å². The van der Waals surface area contributed by atoms with Crippen molar-refractivity contribution in [1.29, 1.82) is 0 Å². The number of hydrogen-bond donors (Lipinski definition) is 2. The molecule has 0 saturated carbocycles. The van der Waals surface area contributed by atoms with Crippen molar-refractivity contribution >= 4 is 39.6 Å². The van der Waals surface area contributed by atoms with Crippen LogP contribution < -0.4 is 5.32 Å². The number of ether oxygens (including phenoxy) is 1. The van der Waals surface area contributed by atoms with E-state index in [1.54, 1.807) is 18.2 Å². The lowest BCUT2D eigenvalue weighted by atomic mass is 10.2. The van der Waals surface area contributed by atoms with Crippen LogP contribution >= 0.6 is 15.9 Å². The molecular weight excluding hydrogens is 348 g/mol. The van der Waals surface area contributed by atoms with E-state index in [1.807, 2.05) is 25.1 Å². The lowest BCUT2D eigenvalue weighted by Crippen LogP contribution is -2.08. The van der Waals surface area contributed by atoms with E-state index in [2.05, 4.69) is 26.2 Å². The Bertz CT molecular complexity index is 720. The first-order chi connectivity index (χ1) is 10.5. The summed E-state index contributed by atoms with van der Waals surface area (Å²) in [5, 5.41) is 2.73. The van der Waals surface area contributed by atoms with E-state index in [1.165, 1.54) is 13.2 Å². The van der Waals surface area contributed by atoms with Crippen molar-refractivity contribution < 1.29 is 14.3 Å². The van der Waals surface area contributed by atoms with Gasteiger partial charge < -0.3 is 15.0 Å². The maximum atomic E-state index is 11.9. The van der Waals surface area contributed by atoms with Crippen LogP contribution in [-0.2, 0) is 9.53 Å². The van der Waals surface area contributed by atoms with Crippen LogP contribution in [0.15, 0.2) is 40.9 Å². The minimum atomic E-state index is -0.489. The van der Waals surface area contributed by atoms with E-state index in [0.29, 0.717) is 16.9 Å². The van der Waals surface area contributed by atoms with Gasteiger partial charge >= 0.3 is 5.97 Å². The van der Waals surface area contributed by atoms with E-state index < -0.39 is 5.97 Å². The summed E-state index contributed by atoms with van der Waals surface area (Å²) in [6.45, 7) is 1.82. The highest BCUT2D eigenvalue weighted by Crippen LogP contribution is 2.26. The highest BCUT2D eigenvalue weighted by atomic mass is 79.9. The minimum absolute atomic E-state index is 0.284. The average molecular weight is 363 g/mol. The van der Waals surface area contributed by atoms with Gasteiger partial charge in [-0.05, 0) is 41.1 Å². The Morgan fingerprint density at radius 3 is 2.59 bits per heavy atom. The Balaban J connectivity index is 2.19. The smallest absolute Gasteiger partial charge is 0.355 e. The average Bonchev–Trinajstić information content (AvgIpc) is 2.81. The third-order valence-corrected chi connectivity index (χ3v) is 4.00. The standard InChI is InChI=1S/C16H15BrN2O3/c1-10-14(17)12(15(18-10)16(21)22-2)8-9-13(20)19-11-6-4-3-5-7-11/h3-9,18H,1-2H3,(H,19,20)/b9-8+. The third kappa shape index (κ3) is 3.65. The van der Waals surface area contributed by atoms with Crippen LogP contribution in [0, 0.1) is 6.92 Å². The second-order valence-corrected chi connectivity index (χ2v) is 5.33. The lowest BCUT2D eigenvalue weighted by molar-refractivity contribution is -0.111. The molecular formula is C16H15BrN2O3. The number of nitrogens with one attached hydrogen (secondary N) is 2. The van der Waals surface area contributed by atoms with E-state index in [0.717, 1.165) is 10.2 Å². The molecule has 0 unspecified atom stereocenters. The number of anilines is 1. The van der Waals surface area contributed by atoms with E-state index in [9.17, 15) is 9.59 Å². The molecule has 1 amide bonds. The van der Waals surface area contributed by atoms with Crippen LogP contribution in [0.2, 0.25) is 0 Å². The van der Waals surface area contributed by atoms with Gasteiger partial charge in [0.05, 0.1) is 7.11 Å². The van der Waals surface area contributed by atoms with Crippen molar-refractivity contribution in [2.45, 2.75) is 6.92 Å². The first-order valence-corrected chi connectivity index (χ1v) is 7.32. The van der Waals surface area contributed by atoms with Gasteiger partial charge in [-0.25, -0.2) is 4.79 Å².